The van der Waals surface area contributed by atoms with Gasteiger partial charge in [-0.05, 0) is 30.7 Å². The molecule has 5 heteroatoms. The maximum atomic E-state index is 6.15. The number of aromatic nitrogens is 2. The van der Waals surface area contributed by atoms with Crippen molar-refractivity contribution < 1.29 is 9.15 Å². The third-order valence-electron chi connectivity index (χ3n) is 3.21. The largest absolute Gasteiger partial charge is 0.481 e. The highest BCUT2D eigenvalue weighted by molar-refractivity contribution is 6.33. The molecule has 22 heavy (non-hydrogen) atoms. The van der Waals surface area contributed by atoms with Gasteiger partial charge >= 0.3 is 0 Å². The molecule has 3 rings (SSSR count). The third kappa shape index (κ3) is 3.12. The minimum atomic E-state index is -0.286. The zero-order valence-corrected chi connectivity index (χ0v) is 12.8. The van der Waals surface area contributed by atoms with Crippen LogP contribution in [0.4, 0.5) is 0 Å². The van der Waals surface area contributed by atoms with Gasteiger partial charge in [-0.2, -0.15) is 0 Å². The minimum Gasteiger partial charge on any atom is -0.481 e. The Morgan fingerprint density at radius 1 is 1.05 bits per heavy atom. The molecule has 0 radical (unpaired) electrons. The molecule has 0 N–H and O–H groups in total. The van der Waals surface area contributed by atoms with Crippen molar-refractivity contribution in [3.05, 3.63) is 65.5 Å². The predicted molar refractivity (Wildman–Crippen MR) is 84.8 cm³/mol. The molecule has 3 aromatic rings. The van der Waals surface area contributed by atoms with Crippen LogP contribution in [0.15, 0.2) is 59.0 Å². The highest BCUT2D eigenvalue weighted by atomic mass is 35.5. The van der Waals surface area contributed by atoms with Crippen LogP contribution in [0.5, 0.6) is 5.75 Å². The lowest BCUT2D eigenvalue weighted by molar-refractivity contribution is 0.166. The Bertz CT molecular complexity index is 743. The maximum absolute atomic E-state index is 6.15. The summed E-state index contributed by atoms with van der Waals surface area (Å²) in [5.41, 5.74) is 0.720. The molecular formula is C17H15ClN2O2. The van der Waals surface area contributed by atoms with Crippen molar-refractivity contribution in [3.63, 3.8) is 0 Å². The van der Waals surface area contributed by atoms with E-state index in [0.29, 0.717) is 16.8 Å². The van der Waals surface area contributed by atoms with Crippen LogP contribution in [0.2, 0.25) is 5.02 Å². The van der Waals surface area contributed by atoms with E-state index < -0.39 is 0 Å². The lowest BCUT2D eigenvalue weighted by atomic mass is 10.2. The van der Waals surface area contributed by atoms with Gasteiger partial charge in [0.1, 0.15) is 5.75 Å². The number of halogens is 1. The van der Waals surface area contributed by atoms with Gasteiger partial charge in [0.05, 0.1) is 10.6 Å². The van der Waals surface area contributed by atoms with E-state index in [9.17, 15) is 0 Å². The van der Waals surface area contributed by atoms with Crippen molar-refractivity contribution in [2.24, 2.45) is 0 Å². The number of hydrogen-bond acceptors (Lipinski definition) is 4. The first-order valence-corrected chi connectivity index (χ1v) is 7.45. The minimum absolute atomic E-state index is 0.286. The molecule has 1 aromatic heterocycles. The summed E-state index contributed by atoms with van der Waals surface area (Å²) in [4.78, 5) is 0. The summed E-state index contributed by atoms with van der Waals surface area (Å²) < 4.78 is 11.6. The molecule has 0 aliphatic rings. The molecule has 1 heterocycles. The van der Waals surface area contributed by atoms with E-state index in [-0.39, 0.29) is 6.10 Å². The molecule has 0 saturated heterocycles. The molecular weight excluding hydrogens is 300 g/mol. The van der Waals surface area contributed by atoms with Crippen LogP contribution in [0.1, 0.15) is 25.3 Å². The van der Waals surface area contributed by atoms with E-state index in [1.807, 2.05) is 55.5 Å². The van der Waals surface area contributed by atoms with E-state index in [1.165, 1.54) is 0 Å². The SMILES string of the molecule is CCC(Oc1ccccc1)c1nnc(-c2ccccc2Cl)o1. The Labute approximate surface area is 133 Å². The lowest BCUT2D eigenvalue weighted by Crippen LogP contribution is -2.06. The van der Waals surface area contributed by atoms with Crippen molar-refractivity contribution in [1.29, 1.82) is 0 Å². The van der Waals surface area contributed by atoms with E-state index in [4.69, 9.17) is 20.8 Å². The third-order valence-corrected chi connectivity index (χ3v) is 3.54. The fourth-order valence-electron chi connectivity index (χ4n) is 2.08. The monoisotopic (exact) mass is 314 g/mol. The summed E-state index contributed by atoms with van der Waals surface area (Å²) in [7, 11) is 0. The molecule has 1 unspecified atom stereocenters. The number of benzene rings is 2. The average Bonchev–Trinajstić information content (AvgIpc) is 3.03. The number of para-hydroxylation sites is 1. The van der Waals surface area contributed by atoms with Crippen LogP contribution in [0.25, 0.3) is 11.5 Å². The van der Waals surface area contributed by atoms with Crippen LogP contribution in [0.3, 0.4) is 0 Å². The van der Waals surface area contributed by atoms with E-state index in [0.717, 1.165) is 17.7 Å². The number of nitrogens with zero attached hydrogens (tertiary/aromatic N) is 2. The van der Waals surface area contributed by atoms with Crippen LogP contribution in [-0.2, 0) is 0 Å². The van der Waals surface area contributed by atoms with Crippen LogP contribution in [-0.4, -0.2) is 10.2 Å². The van der Waals surface area contributed by atoms with Crippen molar-refractivity contribution in [2.75, 3.05) is 0 Å². The first-order chi connectivity index (χ1) is 10.8. The normalized spacial score (nSPS) is 12.1. The van der Waals surface area contributed by atoms with Crippen molar-refractivity contribution >= 4 is 11.6 Å². The quantitative estimate of drug-likeness (QED) is 0.670. The second-order valence-electron chi connectivity index (χ2n) is 4.75. The standard InChI is InChI=1S/C17H15ClN2O2/c1-2-15(21-12-8-4-3-5-9-12)17-20-19-16(22-17)13-10-6-7-11-14(13)18/h3-11,15H,2H2,1H3. The number of rotatable bonds is 5. The van der Waals surface area contributed by atoms with Crippen molar-refractivity contribution in [2.45, 2.75) is 19.4 Å². The molecule has 0 spiro atoms. The molecule has 0 bridgehead atoms. The number of ether oxygens (including phenoxy) is 1. The van der Waals surface area contributed by atoms with Gasteiger partial charge in [0.25, 0.3) is 5.89 Å². The Hall–Kier alpha value is -2.33. The Balaban J connectivity index is 1.84. The number of hydrogen-bond donors (Lipinski definition) is 0. The van der Waals surface area contributed by atoms with Crippen LogP contribution < -0.4 is 4.74 Å². The fraction of sp³-hybridized carbons (Fsp3) is 0.176. The second-order valence-corrected chi connectivity index (χ2v) is 5.16. The molecule has 0 saturated carbocycles. The van der Waals surface area contributed by atoms with Gasteiger partial charge in [-0.1, -0.05) is 48.9 Å². The second kappa shape index (κ2) is 6.62. The van der Waals surface area contributed by atoms with Gasteiger partial charge in [0, 0.05) is 0 Å². The van der Waals surface area contributed by atoms with Gasteiger partial charge in [0.2, 0.25) is 5.89 Å². The van der Waals surface area contributed by atoms with E-state index in [1.54, 1.807) is 6.07 Å². The smallest absolute Gasteiger partial charge is 0.257 e. The van der Waals surface area contributed by atoms with E-state index in [2.05, 4.69) is 10.2 Å². The Kier molecular flexibility index (Phi) is 4.39. The summed E-state index contributed by atoms with van der Waals surface area (Å²) in [6.07, 6.45) is 0.435. The molecule has 0 aliphatic carbocycles. The zero-order valence-electron chi connectivity index (χ0n) is 12.1. The first kappa shape index (κ1) is 14.6. The Morgan fingerprint density at radius 3 is 2.50 bits per heavy atom. The molecule has 0 fully saturated rings. The molecule has 2 aromatic carbocycles. The van der Waals surface area contributed by atoms with Crippen LogP contribution >= 0.6 is 11.6 Å². The molecule has 0 amide bonds. The molecule has 0 aliphatic heterocycles. The summed E-state index contributed by atoms with van der Waals surface area (Å²) >= 11 is 6.15. The zero-order chi connectivity index (χ0) is 15.4. The fourth-order valence-corrected chi connectivity index (χ4v) is 2.30. The molecule has 1 atom stereocenters. The van der Waals surface area contributed by atoms with E-state index >= 15 is 0 Å². The Morgan fingerprint density at radius 2 is 1.77 bits per heavy atom. The predicted octanol–water partition coefficient (Wildman–Crippen LogP) is 4.92. The van der Waals surface area contributed by atoms with Gasteiger partial charge in [-0.25, -0.2) is 0 Å². The highest BCUT2D eigenvalue weighted by Gasteiger charge is 2.20. The van der Waals surface area contributed by atoms with Gasteiger partial charge in [-0.15, -0.1) is 10.2 Å². The summed E-state index contributed by atoms with van der Waals surface area (Å²) in [5.74, 6) is 1.61. The van der Waals surface area contributed by atoms with Crippen LogP contribution in [0, 0.1) is 0 Å². The molecule has 4 nitrogen and oxygen atoms in total. The van der Waals surface area contributed by atoms with Gasteiger partial charge < -0.3 is 9.15 Å². The maximum Gasteiger partial charge on any atom is 0.257 e. The molecule has 112 valence electrons. The topological polar surface area (TPSA) is 48.2 Å². The summed E-state index contributed by atoms with van der Waals surface area (Å²) in [6, 6.07) is 16.9. The highest BCUT2D eigenvalue weighted by Crippen LogP contribution is 2.29. The lowest BCUT2D eigenvalue weighted by Gasteiger charge is -2.13. The van der Waals surface area contributed by atoms with Gasteiger partial charge in [0.15, 0.2) is 6.10 Å². The summed E-state index contributed by atoms with van der Waals surface area (Å²) in [5, 5.41) is 8.76. The average molecular weight is 315 g/mol. The summed E-state index contributed by atoms with van der Waals surface area (Å²) in [6.45, 7) is 2.01. The van der Waals surface area contributed by atoms with Crippen molar-refractivity contribution in [1.82, 2.24) is 10.2 Å². The van der Waals surface area contributed by atoms with Gasteiger partial charge in [-0.3, -0.25) is 0 Å². The first-order valence-electron chi connectivity index (χ1n) is 7.08. The van der Waals surface area contributed by atoms with Crippen molar-refractivity contribution in [3.8, 4) is 17.2 Å².